The summed E-state index contributed by atoms with van der Waals surface area (Å²) in [6, 6.07) is 12.6. The molecule has 3 amide bonds. The van der Waals surface area contributed by atoms with E-state index in [4.69, 9.17) is 9.47 Å². The summed E-state index contributed by atoms with van der Waals surface area (Å²) in [6.07, 6.45) is 3.65. The lowest BCUT2D eigenvalue weighted by atomic mass is 9.99. The van der Waals surface area contributed by atoms with Crippen LogP contribution in [0.4, 0.5) is 0 Å². The van der Waals surface area contributed by atoms with Crippen molar-refractivity contribution < 1.29 is 23.9 Å². The number of nitrogens with zero attached hydrogens (tertiary/aromatic N) is 3. The molecule has 0 saturated carbocycles. The lowest BCUT2D eigenvalue weighted by Gasteiger charge is -2.24. The monoisotopic (exact) mass is 582 g/mol. The number of H-pyrrole nitrogens is 1. The van der Waals surface area contributed by atoms with Crippen molar-refractivity contribution in [1.82, 2.24) is 30.5 Å². The van der Waals surface area contributed by atoms with Crippen LogP contribution in [0.5, 0.6) is 0 Å². The second-order valence-electron chi connectivity index (χ2n) is 11.2. The number of likely N-dealkylation sites (tertiary alicyclic amines) is 1. The zero-order chi connectivity index (χ0) is 30.1. The number of pyridine rings is 2. The molecule has 11 nitrogen and oxygen atoms in total. The lowest BCUT2D eigenvalue weighted by molar-refractivity contribution is -0.152. The first kappa shape index (κ1) is 28.5. The number of amides is 3. The van der Waals surface area contributed by atoms with Crippen LogP contribution >= 0.6 is 0 Å². The fraction of sp³-hybridized carbons (Fsp3) is 0.344. The highest BCUT2D eigenvalue weighted by Crippen LogP contribution is 2.35. The van der Waals surface area contributed by atoms with Gasteiger partial charge in [0, 0.05) is 52.2 Å². The molecular formula is C32H34N6O5. The van der Waals surface area contributed by atoms with Gasteiger partial charge in [0.2, 0.25) is 11.8 Å². The number of ether oxygens (including phenoxy) is 2. The molecule has 3 N–H and O–H groups in total. The Hall–Kier alpha value is -4.61. The Labute approximate surface area is 249 Å². The predicted molar refractivity (Wildman–Crippen MR) is 159 cm³/mol. The Morgan fingerprint density at radius 1 is 1.07 bits per heavy atom. The molecule has 11 heteroatoms. The number of fused-ring (bicyclic) bond motifs is 1. The number of hydrogen-bond acceptors (Lipinski definition) is 7. The fourth-order valence-corrected chi connectivity index (χ4v) is 5.87. The maximum atomic E-state index is 13.5. The van der Waals surface area contributed by atoms with Crippen LogP contribution < -0.4 is 10.6 Å². The van der Waals surface area contributed by atoms with Gasteiger partial charge >= 0.3 is 0 Å². The maximum Gasteiger partial charge on any atom is 0.252 e. The van der Waals surface area contributed by atoms with E-state index in [9.17, 15) is 14.4 Å². The Balaban J connectivity index is 1.15. The number of hydrogen-bond donors (Lipinski definition) is 3. The Bertz CT molecular complexity index is 1680. The van der Waals surface area contributed by atoms with E-state index in [-0.39, 0.29) is 37.9 Å². The molecule has 0 aliphatic carbocycles. The van der Waals surface area contributed by atoms with Gasteiger partial charge in [-0.05, 0) is 50.6 Å². The van der Waals surface area contributed by atoms with Crippen LogP contribution in [-0.4, -0.2) is 75.7 Å². The van der Waals surface area contributed by atoms with Gasteiger partial charge in [-0.3, -0.25) is 24.4 Å². The van der Waals surface area contributed by atoms with E-state index in [1.54, 1.807) is 18.5 Å². The van der Waals surface area contributed by atoms with Crippen LogP contribution in [0.1, 0.15) is 39.3 Å². The quantitative estimate of drug-likeness (QED) is 0.305. The van der Waals surface area contributed by atoms with Gasteiger partial charge in [-0.25, -0.2) is 0 Å². The number of carbonyl (C=O) groups is 3. The molecule has 0 bridgehead atoms. The normalized spacial score (nSPS) is 17.5. The Kier molecular flexibility index (Phi) is 7.68. The zero-order valence-corrected chi connectivity index (χ0v) is 24.4. The van der Waals surface area contributed by atoms with Gasteiger partial charge in [0.05, 0.1) is 38.5 Å². The lowest BCUT2D eigenvalue weighted by Crippen LogP contribution is -2.49. The highest BCUT2D eigenvalue weighted by molar-refractivity contribution is 5.99. The summed E-state index contributed by atoms with van der Waals surface area (Å²) in [5.41, 5.74) is 6.33. The summed E-state index contributed by atoms with van der Waals surface area (Å²) in [6.45, 7) is 6.54. The molecule has 2 aliphatic heterocycles. The molecule has 2 saturated heterocycles. The molecule has 222 valence electrons. The van der Waals surface area contributed by atoms with Crippen molar-refractivity contribution in [2.75, 3.05) is 26.3 Å². The van der Waals surface area contributed by atoms with Gasteiger partial charge in [0.25, 0.3) is 5.91 Å². The molecule has 2 aliphatic rings. The SMILES string of the molecule is Cc1cccc(-c2nc(C)cc(C(=O)NCC(=O)N3CC4(CC3C(=O)NCc3cc5cnccc5[nH]3)OCCO4)c2C)c1. The van der Waals surface area contributed by atoms with E-state index >= 15 is 0 Å². The standard InChI is InChI=1S/C32H34N6O5/c1-19-5-4-6-22(11-19)29-21(3)25(12-20(2)36-29)30(40)35-17-28(39)38-18-32(42-9-10-43-32)14-27(38)31(41)34-16-24-13-23-15-33-8-7-26(23)37-24/h4-8,11-13,15,27,37H,9-10,14,16-18H2,1-3H3,(H,34,41)(H,35,40). The number of aromatic nitrogens is 3. The van der Waals surface area contributed by atoms with E-state index in [0.29, 0.717) is 24.5 Å². The molecule has 4 aromatic rings. The highest BCUT2D eigenvalue weighted by Gasteiger charge is 2.52. The number of aryl methyl sites for hydroxylation is 2. The van der Waals surface area contributed by atoms with E-state index in [1.165, 1.54) is 4.90 Å². The van der Waals surface area contributed by atoms with Crippen molar-refractivity contribution >= 4 is 28.6 Å². The van der Waals surface area contributed by atoms with Crippen LogP contribution in [0.25, 0.3) is 22.2 Å². The van der Waals surface area contributed by atoms with Gasteiger partial charge in [-0.15, -0.1) is 0 Å². The minimum atomic E-state index is -1.03. The van der Waals surface area contributed by atoms with Gasteiger partial charge in [-0.1, -0.05) is 23.8 Å². The van der Waals surface area contributed by atoms with Gasteiger partial charge in [0.15, 0.2) is 5.79 Å². The Morgan fingerprint density at radius 2 is 1.88 bits per heavy atom. The number of nitrogens with one attached hydrogen (secondary N) is 3. The molecule has 1 aromatic carbocycles. The molecule has 0 radical (unpaired) electrons. The molecule has 6 rings (SSSR count). The second-order valence-corrected chi connectivity index (χ2v) is 11.2. The smallest absolute Gasteiger partial charge is 0.252 e. The van der Waals surface area contributed by atoms with E-state index < -0.39 is 17.7 Å². The fourth-order valence-electron chi connectivity index (χ4n) is 5.87. The maximum absolute atomic E-state index is 13.5. The number of aromatic amines is 1. The molecule has 1 spiro atoms. The van der Waals surface area contributed by atoms with Crippen molar-refractivity contribution in [2.24, 2.45) is 0 Å². The van der Waals surface area contributed by atoms with Gasteiger partial charge in [0.1, 0.15) is 6.04 Å². The van der Waals surface area contributed by atoms with Crippen molar-refractivity contribution in [3.05, 3.63) is 82.9 Å². The van der Waals surface area contributed by atoms with E-state index in [2.05, 4.69) is 25.6 Å². The first-order valence-corrected chi connectivity index (χ1v) is 14.3. The molecule has 3 aromatic heterocycles. The summed E-state index contributed by atoms with van der Waals surface area (Å²) in [4.78, 5) is 53.7. The van der Waals surface area contributed by atoms with Crippen LogP contribution in [0.3, 0.4) is 0 Å². The van der Waals surface area contributed by atoms with Crippen LogP contribution in [0.2, 0.25) is 0 Å². The number of benzene rings is 1. The Morgan fingerprint density at radius 3 is 2.65 bits per heavy atom. The van der Waals surface area contributed by atoms with Crippen molar-refractivity contribution in [3.8, 4) is 11.3 Å². The number of carbonyl (C=O) groups excluding carboxylic acids is 3. The number of rotatable bonds is 7. The first-order valence-electron chi connectivity index (χ1n) is 14.3. The van der Waals surface area contributed by atoms with Gasteiger partial charge in [-0.2, -0.15) is 0 Å². The van der Waals surface area contributed by atoms with Crippen LogP contribution in [0.15, 0.2) is 54.9 Å². The average Bonchev–Trinajstić information content (AvgIpc) is 3.74. The highest BCUT2D eigenvalue weighted by atomic mass is 16.7. The third-order valence-electron chi connectivity index (χ3n) is 8.00. The van der Waals surface area contributed by atoms with Gasteiger partial charge < -0.3 is 30.0 Å². The average molecular weight is 583 g/mol. The largest absolute Gasteiger partial charge is 0.357 e. The minimum absolute atomic E-state index is 0.0999. The van der Waals surface area contributed by atoms with E-state index in [0.717, 1.165) is 39.0 Å². The van der Waals surface area contributed by atoms with Crippen LogP contribution in [0, 0.1) is 20.8 Å². The molecule has 1 unspecified atom stereocenters. The third kappa shape index (κ3) is 5.86. The van der Waals surface area contributed by atoms with Crippen molar-refractivity contribution in [2.45, 2.75) is 45.6 Å². The van der Waals surface area contributed by atoms with Crippen molar-refractivity contribution in [3.63, 3.8) is 0 Å². The minimum Gasteiger partial charge on any atom is -0.357 e. The van der Waals surface area contributed by atoms with Crippen molar-refractivity contribution in [1.29, 1.82) is 0 Å². The van der Waals surface area contributed by atoms with Crippen LogP contribution in [-0.2, 0) is 25.6 Å². The third-order valence-corrected chi connectivity index (χ3v) is 8.00. The molecule has 2 fully saturated rings. The molecule has 1 atom stereocenters. The predicted octanol–water partition coefficient (Wildman–Crippen LogP) is 2.94. The second kappa shape index (κ2) is 11.6. The summed E-state index contributed by atoms with van der Waals surface area (Å²) >= 11 is 0. The summed E-state index contributed by atoms with van der Waals surface area (Å²) in [5.74, 6) is -2.14. The first-order chi connectivity index (χ1) is 20.7. The van der Waals surface area contributed by atoms with E-state index in [1.807, 2.05) is 57.2 Å². The summed E-state index contributed by atoms with van der Waals surface area (Å²) < 4.78 is 11.7. The summed E-state index contributed by atoms with van der Waals surface area (Å²) in [5, 5.41) is 6.64. The zero-order valence-electron chi connectivity index (χ0n) is 24.4. The molecule has 43 heavy (non-hydrogen) atoms. The molecular weight excluding hydrogens is 548 g/mol. The topological polar surface area (TPSA) is 139 Å². The summed E-state index contributed by atoms with van der Waals surface area (Å²) in [7, 11) is 0. The molecule has 5 heterocycles.